The normalized spacial score (nSPS) is 24.1. The van der Waals surface area contributed by atoms with Crippen molar-refractivity contribution in [2.75, 3.05) is 26.2 Å². The predicted molar refractivity (Wildman–Crippen MR) is 83.6 cm³/mol. The van der Waals surface area contributed by atoms with Gasteiger partial charge in [-0.15, -0.1) is 12.4 Å². The van der Waals surface area contributed by atoms with E-state index in [2.05, 4.69) is 5.32 Å². The van der Waals surface area contributed by atoms with E-state index in [0.29, 0.717) is 37.1 Å². The molecule has 1 N–H and O–H groups in total. The van der Waals surface area contributed by atoms with Gasteiger partial charge in [-0.25, -0.2) is 4.39 Å². The SMILES string of the molecule is Cl.O=C(c1ccc(F)c(C(F)(F)F)c1)N1CC[C@@H]2CNC[C@@H]2CC1. The molecule has 1 aromatic rings. The second-order valence-corrected chi connectivity index (χ2v) is 6.24. The minimum absolute atomic E-state index is 0. The van der Waals surface area contributed by atoms with Gasteiger partial charge in [-0.3, -0.25) is 4.79 Å². The first-order valence-electron chi connectivity index (χ1n) is 7.73. The second-order valence-electron chi connectivity index (χ2n) is 6.24. The molecule has 2 aliphatic heterocycles. The van der Waals surface area contributed by atoms with Crippen LogP contribution >= 0.6 is 12.4 Å². The lowest BCUT2D eigenvalue weighted by atomic mass is 9.92. The van der Waals surface area contributed by atoms with Crippen LogP contribution in [0.1, 0.15) is 28.8 Å². The van der Waals surface area contributed by atoms with E-state index in [4.69, 9.17) is 0 Å². The second kappa shape index (κ2) is 7.27. The van der Waals surface area contributed by atoms with Crippen LogP contribution in [0.25, 0.3) is 0 Å². The summed E-state index contributed by atoms with van der Waals surface area (Å²) in [7, 11) is 0. The van der Waals surface area contributed by atoms with Crippen LogP contribution in [0.15, 0.2) is 18.2 Å². The highest BCUT2D eigenvalue weighted by molar-refractivity contribution is 5.94. The summed E-state index contributed by atoms with van der Waals surface area (Å²) < 4.78 is 51.7. The highest BCUT2D eigenvalue weighted by atomic mass is 35.5. The fourth-order valence-electron chi connectivity index (χ4n) is 3.48. The zero-order chi connectivity index (χ0) is 16.6. The van der Waals surface area contributed by atoms with Crippen LogP contribution < -0.4 is 5.32 Å². The van der Waals surface area contributed by atoms with E-state index < -0.39 is 23.5 Å². The Morgan fingerprint density at radius 1 is 1.12 bits per heavy atom. The van der Waals surface area contributed by atoms with Gasteiger partial charge in [0, 0.05) is 18.7 Å². The monoisotopic (exact) mass is 366 g/mol. The molecule has 0 spiro atoms. The van der Waals surface area contributed by atoms with Crippen molar-refractivity contribution >= 4 is 18.3 Å². The number of benzene rings is 1. The highest BCUT2D eigenvalue weighted by Crippen LogP contribution is 2.33. The zero-order valence-corrected chi connectivity index (χ0v) is 13.7. The summed E-state index contributed by atoms with van der Waals surface area (Å²) in [5.74, 6) is -0.771. The number of carbonyl (C=O) groups is 1. The molecule has 134 valence electrons. The van der Waals surface area contributed by atoms with E-state index in [-0.39, 0.29) is 18.0 Å². The third kappa shape index (κ3) is 3.83. The molecule has 2 aliphatic rings. The first-order valence-corrected chi connectivity index (χ1v) is 7.73. The van der Waals surface area contributed by atoms with E-state index in [9.17, 15) is 22.4 Å². The van der Waals surface area contributed by atoms with Gasteiger partial charge in [-0.2, -0.15) is 13.2 Å². The molecule has 2 fully saturated rings. The maximum Gasteiger partial charge on any atom is 0.419 e. The molecule has 3 rings (SSSR count). The third-order valence-electron chi connectivity index (χ3n) is 4.83. The lowest BCUT2D eigenvalue weighted by molar-refractivity contribution is -0.140. The molecule has 24 heavy (non-hydrogen) atoms. The molecule has 2 atom stereocenters. The van der Waals surface area contributed by atoms with Gasteiger partial charge in [-0.05, 0) is 56.0 Å². The fraction of sp³-hybridized carbons (Fsp3) is 0.562. The lowest BCUT2D eigenvalue weighted by Crippen LogP contribution is -2.33. The minimum Gasteiger partial charge on any atom is -0.339 e. The third-order valence-corrected chi connectivity index (χ3v) is 4.83. The molecule has 3 nitrogen and oxygen atoms in total. The number of halogens is 5. The smallest absolute Gasteiger partial charge is 0.339 e. The van der Waals surface area contributed by atoms with Crippen LogP contribution in [0.5, 0.6) is 0 Å². The molecule has 0 aliphatic carbocycles. The first-order chi connectivity index (χ1) is 10.9. The van der Waals surface area contributed by atoms with Gasteiger partial charge in [-0.1, -0.05) is 0 Å². The van der Waals surface area contributed by atoms with Crippen molar-refractivity contribution in [2.45, 2.75) is 19.0 Å². The Kier molecular flexibility index (Phi) is 5.75. The molecule has 1 amide bonds. The van der Waals surface area contributed by atoms with E-state index in [1.54, 1.807) is 4.90 Å². The molecule has 0 radical (unpaired) electrons. The number of hydrogen-bond donors (Lipinski definition) is 1. The van der Waals surface area contributed by atoms with Crippen molar-refractivity contribution in [3.8, 4) is 0 Å². The highest BCUT2D eigenvalue weighted by Gasteiger charge is 2.36. The molecule has 0 bridgehead atoms. The number of nitrogens with one attached hydrogen (secondary N) is 1. The Labute approximate surface area is 143 Å². The van der Waals surface area contributed by atoms with Crippen LogP contribution in [-0.2, 0) is 6.18 Å². The standard InChI is InChI=1S/C16H18F4N2O.ClH/c17-14-2-1-10(7-13(14)16(18,19)20)15(23)22-5-3-11-8-21-9-12(11)4-6-22;/h1-2,7,11-12,21H,3-6,8-9H2;1H/t11-,12+;. The summed E-state index contributed by atoms with van der Waals surface area (Å²) in [6, 6.07) is 2.46. The number of hydrogen-bond acceptors (Lipinski definition) is 2. The minimum atomic E-state index is -4.80. The molecule has 2 saturated heterocycles. The number of fused-ring (bicyclic) bond motifs is 1. The lowest BCUT2D eigenvalue weighted by Gasteiger charge is -2.21. The Morgan fingerprint density at radius 2 is 1.71 bits per heavy atom. The quantitative estimate of drug-likeness (QED) is 0.773. The number of rotatable bonds is 1. The van der Waals surface area contributed by atoms with Gasteiger partial charge in [0.1, 0.15) is 5.82 Å². The van der Waals surface area contributed by atoms with E-state index in [0.717, 1.165) is 32.0 Å². The van der Waals surface area contributed by atoms with Crippen LogP contribution in [0, 0.1) is 17.7 Å². The van der Waals surface area contributed by atoms with E-state index >= 15 is 0 Å². The summed E-state index contributed by atoms with van der Waals surface area (Å²) in [5, 5.41) is 3.33. The van der Waals surface area contributed by atoms with E-state index in [1.165, 1.54) is 0 Å². The first kappa shape index (κ1) is 19.0. The summed E-state index contributed by atoms with van der Waals surface area (Å²) in [5.41, 5.74) is -1.50. The Bertz CT molecular complexity index is 594. The van der Waals surface area contributed by atoms with Gasteiger partial charge in [0.05, 0.1) is 5.56 Å². The zero-order valence-electron chi connectivity index (χ0n) is 12.9. The van der Waals surface area contributed by atoms with E-state index in [1.807, 2.05) is 0 Å². The average Bonchev–Trinajstić information content (AvgIpc) is 2.85. The van der Waals surface area contributed by atoms with Crippen molar-refractivity contribution in [1.29, 1.82) is 0 Å². The van der Waals surface area contributed by atoms with Crippen molar-refractivity contribution in [1.82, 2.24) is 10.2 Å². The van der Waals surface area contributed by atoms with Crippen LogP contribution in [-0.4, -0.2) is 37.0 Å². The Morgan fingerprint density at radius 3 is 2.25 bits per heavy atom. The molecular formula is C16H19ClF4N2O. The molecule has 0 aromatic heterocycles. The van der Waals surface area contributed by atoms with Crippen LogP contribution in [0.3, 0.4) is 0 Å². The molecule has 0 unspecified atom stereocenters. The summed E-state index contributed by atoms with van der Waals surface area (Å²) in [4.78, 5) is 14.1. The molecule has 2 heterocycles. The molecule has 0 saturated carbocycles. The topological polar surface area (TPSA) is 32.3 Å². The predicted octanol–water partition coefficient (Wildman–Crippen LogP) is 3.34. The number of amides is 1. The van der Waals surface area contributed by atoms with Gasteiger partial charge in [0.25, 0.3) is 5.91 Å². The average molecular weight is 367 g/mol. The maximum absolute atomic E-state index is 13.3. The van der Waals surface area contributed by atoms with Gasteiger partial charge < -0.3 is 10.2 Å². The molecule has 8 heteroatoms. The van der Waals surface area contributed by atoms with Crippen molar-refractivity contribution < 1.29 is 22.4 Å². The van der Waals surface area contributed by atoms with Gasteiger partial charge in [0.2, 0.25) is 0 Å². The maximum atomic E-state index is 13.3. The molecule has 1 aromatic carbocycles. The number of likely N-dealkylation sites (tertiary alicyclic amines) is 1. The van der Waals surface area contributed by atoms with Gasteiger partial charge >= 0.3 is 6.18 Å². The van der Waals surface area contributed by atoms with Crippen molar-refractivity contribution in [3.05, 3.63) is 35.1 Å². The molecular weight excluding hydrogens is 348 g/mol. The Balaban J connectivity index is 0.00000208. The fourth-order valence-corrected chi connectivity index (χ4v) is 3.48. The van der Waals surface area contributed by atoms with Crippen LogP contribution in [0.4, 0.5) is 17.6 Å². The van der Waals surface area contributed by atoms with Crippen molar-refractivity contribution in [2.24, 2.45) is 11.8 Å². The van der Waals surface area contributed by atoms with Gasteiger partial charge in [0.15, 0.2) is 0 Å². The summed E-state index contributed by atoms with van der Waals surface area (Å²) in [6.07, 6.45) is -3.12. The number of nitrogens with zero attached hydrogens (tertiary/aromatic N) is 1. The van der Waals surface area contributed by atoms with Crippen molar-refractivity contribution in [3.63, 3.8) is 0 Å². The number of carbonyl (C=O) groups excluding carboxylic acids is 1. The Hall–Kier alpha value is -1.34. The summed E-state index contributed by atoms with van der Waals surface area (Å²) >= 11 is 0. The number of alkyl halides is 3. The van der Waals surface area contributed by atoms with Crippen LogP contribution in [0.2, 0.25) is 0 Å². The summed E-state index contributed by atoms with van der Waals surface area (Å²) in [6.45, 7) is 2.92. The largest absolute Gasteiger partial charge is 0.419 e.